The maximum absolute atomic E-state index is 13.2. The van der Waals surface area contributed by atoms with E-state index in [1.165, 1.54) is 13.8 Å². The van der Waals surface area contributed by atoms with Gasteiger partial charge in [0.2, 0.25) is 5.91 Å². The van der Waals surface area contributed by atoms with E-state index in [2.05, 4.69) is 10.6 Å². The van der Waals surface area contributed by atoms with Crippen LogP contribution in [0.4, 0.5) is 4.79 Å². The van der Waals surface area contributed by atoms with Gasteiger partial charge in [0.15, 0.2) is 18.6 Å². The number of rotatable bonds is 12. The minimum absolute atomic E-state index is 0.00521. The van der Waals surface area contributed by atoms with Crippen molar-refractivity contribution in [2.75, 3.05) is 13.2 Å². The van der Waals surface area contributed by atoms with Crippen LogP contribution in [0, 0.1) is 0 Å². The molecular formula is C41H42N2O10. The summed E-state index contributed by atoms with van der Waals surface area (Å²) in [6.45, 7) is 3.16. The topological polar surface area (TPSA) is 151 Å². The highest BCUT2D eigenvalue weighted by Crippen LogP contribution is 2.44. The van der Waals surface area contributed by atoms with E-state index in [1.807, 2.05) is 109 Å². The van der Waals surface area contributed by atoms with Crippen molar-refractivity contribution >= 4 is 18.0 Å². The van der Waals surface area contributed by atoms with Crippen LogP contribution in [0.5, 0.6) is 0 Å². The normalized spacial score (nSPS) is 24.5. The largest absolute Gasteiger partial charge is 0.480 e. The fourth-order valence-corrected chi connectivity index (χ4v) is 7.26. The number of nitrogens with one attached hydrogen (secondary N) is 2. The summed E-state index contributed by atoms with van der Waals surface area (Å²) in [5.41, 5.74) is 5.90. The number of carboxylic acid groups (broad SMARTS) is 1. The van der Waals surface area contributed by atoms with E-state index in [-0.39, 0.29) is 31.6 Å². The molecule has 4 aromatic rings. The number of aliphatic carboxylic acids is 1. The van der Waals surface area contributed by atoms with Gasteiger partial charge in [-0.05, 0) is 34.7 Å². The fourth-order valence-electron chi connectivity index (χ4n) is 7.26. The zero-order valence-electron chi connectivity index (χ0n) is 29.3. The monoisotopic (exact) mass is 722 g/mol. The van der Waals surface area contributed by atoms with Gasteiger partial charge in [0.1, 0.15) is 31.0 Å². The molecule has 276 valence electrons. The quantitative estimate of drug-likeness (QED) is 0.176. The number of amides is 2. The molecule has 8 atom stereocenters. The zero-order chi connectivity index (χ0) is 36.9. The Morgan fingerprint density at radius 1 is 0.849 bits per heavy atom. The van der Waals surface area contributed by atoms with Crippen LogP contribution in [-0.2, 0) is 44.6 Å². The number of carboxylic acids is 1. The molecule has 1 aliphatic carbocycles. The standard InChI is InChI=1S/C41H42N2O10/c1-24(34(38(45)46)43-41(47)50-22-32-30-19-11-9-17-28(30)29-18-10-12-20-31(29)32)51-40-35(42-25(2)44)37(48-21-26-13-5-3-6-14-26)36-33(52-40)23-49-39(53-36)27-15-7-4-8-16-27/h3-20,24,32-37,39-40H,21-23H2,1-2H3,(H,42,44)(H,43,47)(H,45,46)/t24-,33-,34+,35-,36+,37-,39?,40+/m1/s1. The van der Waals surface area contributed by atoms with E-state index in [0.717, 1.165) is 33.4 Å². The molecule has 2 fully saturated rings. The van der Waals surface area contributed by atoms with Gasteiger partial charge in [-0.1, -0.05) is 109 Å². The first kappa shape index (κ1) is 36.3. The number of hydrogen-bond donors (Lipinski definition) is 3. The molecule has 2 aliphatic heterocycles. The van der Waals surface area contributed by atoms with Gasteiger partial charge in [0.05, 0.1) is 19.3 Å². The summed E-state index contributed by atoms with van der Waals surface area (Å²) in [5, 5.41) is 15.6. The number of ether oxygens (including phenoxy) is 6. The predicted octanol–water partition coefficient (Wildman–Crippen LogP) is 5.31. The third-order valence-corrected chi connectivity index (χ3v) is 9.77. The Kier molecular flexibility index (Phi) is 11.1. The average Bonchev–Trinajstić information content (AvgIpc) is 3.49. The van der Waals surface area contributed by atoms with Gasteiger partial charge in [0, 0.05) is 18.4 Å². The molecule has 0 spiro atoms. The highest BCUT2D eigenvalue weighted by atomic mass is 16.8. The van der Waals surface area contributed by atoms with Gasteiger partial charge < -0.3 is 44.2 Å². The number of carbonyl (C=O) groups excluding carboxylic acids is 2. The van der Waals surface area contributed by atoms with E-state index in [4.69, 9.17) is 28.4 Å². The molecule has 0 saturated carbocycles. The molecule has 53 heavy (non-hydrogen) atoms. The number of hydrogen-bond acceptors (Lipinski definition) is 9. The van der Waals surface area contributed by atoms with Crippen molar-refractivity contribution in [3.8, 4) is 11.1 Å². The van der Waals surface area contributed by atoms with E-state index in [0.29, 0.717) is 0 Å². The Hall–Kier alpha value is -5.11. The summed E-state index contributed by atoms with van der Waals surface area (Å²) in [5.74, 6) is -1.94. The second kappa shape index (κ2) is 16.3. The van der Waals surface area contributed by atoms with Crippen LogP contribution in [0.3, 0.4) is 0 Å². The van der Waals surface area contributed by atoms with Crippen LogP contribution < -0.4 is 10.6 Å². The van der Waals surface area contributed by atoms with Crippen molar-refractivity contribution in [3.05, 3.63) is 131 Å². The molecule has 1 unspecified atom stereocenters. The van der Waals surface area contributed by atoms with Crippen LogP contribution in [0.25, 0.3) is 11.1 Å². The van der Waals surface area contributed by atoms with E-state index in [1.54, 1.807) is 0 Å². The van der Waals surface area contributed by atoms with E-state index in [9.17, 15) is 19.5 Å². The summed E-state index contributed by atoms with van der Waals surface area (Å²) in [6.07, 6.45) is -6.18. The number of alkyl carbamates (subject to hydrolysis) is 1. The molecule has 7 rings (SSSR count). The van der Waals surface area contributed by atoms with Crippen LogP contribution >= 0.6 is 0 Å². The lowest BCUT2D eigenvalue weighted by Crippen LogP contribution is -2.68. The average molecular weight is 723 g/mol. The molecule has 2 amide bonds. The SMILES string of the molecule is CC(=O)N[C@H]1[C@@H](O[C@H](C)[C@H](NC(=O)OCC2c3ccccc3-c3ccccc32)C(=O)O)O[C@@H]2COC(c3ccccc3)O[C@@H]2[C@@H]1OCc1ccccc1. The highest BCUT2D eigenvalue weighted by Gasteiger charge is 2.52. The first-order chi connectivity index (χ1) is 25.8. The van der Waals surface area contributed by atoms with Crippen molar-refractivity contribution in [2.45, 2.75) is 75.5 Å². The fraction of sp³-hybridized carbons (Fsp3) is 0.341. The van der Waals surface area contributed by atoms with Crippen LogP contribution in [0.2, 0.25) is 0 Å². The molecule has 2 saturated heterocycles. The van der Waals surface area contributed by atoms with Crippen molar-refractivity contribution in [3.63, 3.8) is 0 Å². The molecule has 4 aromatic carbocycles. The summed E-state index contributed by atoms with van der Waals surface area (Å²) in [6, 6.07) is 32.4. The first-order valence-corrected chi connectivity index (χ1v) is 17.7. The highest BCUT2D eigenvalue weighted by molar-refractivity contribution is 5.81. The van der Waals surface area contributed by atoms with Crippen LogP contribution in [-0.4, -0.2) is 79.1 Å². The molecule has 3 aliphatic rings. The lowest BCUT2D eigenvalue weighted by atomic mass is 9.95. The lowest BCUT2D eigenvalue weighted by Gasteiger charge is -2.49. The summed E-state index contributed by atoms with van der Waals surface area (Å²) >= 11 is 0. The van der Waals surface area contributed by atoms with Gasteiger partial charge in [-0.2, -0.15) is 0 Å². The Balaban J connectivity index is 1.07. The molecule has 12 heteroatoms. The van der Waals surface area contributed by atoms with Gasteiger partial charge in [-0.15, -0.1) is 0 Å². The Morgan fingerprint density at radius 3 is 2.11 bits per heavy atom. The molecule has 0 bridgehead atoms. The third kappa shape index (κ3) is 8.12. The second-order valence-electron chi connectivity index (χ2n) is 13.3. The molecule has 0 radical (unpaired) electrons. The molecule has 3 N–H and O–H groups in total. The Labute approximate surface area is 307 Å². The van der Waals surface area contributed by atoms with Crippen LogP contribution in [0.15, 0.2) is 109 Å². The second-order valence-corrected chi connectivity index (χ2v) is 13.3. The van der Waals surface area contributed by atoms with Crippen molar-refractivity contribution in [2.24, 2.45) is 0 Å². The molecule has 0 aromatic heterocycles. The smallest absolute Gasteiger partial charge is 0.407 e. The third-order valence-electron chi connectivity index (χ3n) is 9.77. The molecule has 2 heterocycles. The summed E-state index contributed by atoms with van der Waals surface area (Å²) in [7, 11) is 0. The van der Waals surface area contributed by atoms with E-state index >= 15 is 0 Å². The van der Waals surface area contributed by atoms with Crippen molar-refractivity contribution < 1.29 is 47.9 Å². The van der Waals surface area contributed by atoms with Gasteiger partial charge in [-0.3, -0.25) is 4.79 Å². The zero-order valence-corrected chi connectivity index (χ0v) is 29.3. The number of carbonyl (C=O) groups is 3. The molecule has 12 nitrogen and oxygen atoms in total. The first-order valence-electron chi connectivity index (χ1n) is 17.7. The predicted molar refractivity (Wildman–Crippen MR) is 191 cm³/mol. The molecular weight excluding hydrogens is 680 g/mol. The maximum atomic E-state index is 13.2. The minimum Gasteiger partial charge on any atom is -0.480 e. The van der Waals surface area contributed by atoms with Crippen molar-refractivity contribution in [1.82, 2.24) is 10.6 Å². The summed E-state index contributed by atoms with van der Waals surface area (Å²) in [4.78, 5) is 38.3. The lowest BCUT2D eigenvalue weighted by molar-refractivity contribution is -0.353. The van der Waals surface area contributed by atoms with Crippen LogP contribution in [0.1, 0.15) is 48.3 Å². The Bertz CT molecular complexity index is 1850. The number of benzene rings is 4. The van der Waals surface area contributed by atoms with Gasteiger partial charge in [0.25, 0.3) is 0 Å². The maximum Gasteiger partial charge on any atom is 0.407 e. The van der Waals surface area contributed by atoms with E-state index < -0.39 is 61.1 Å². The van der Waals surface area contributed by atoms with Gasteiger partial charge in [-0.25, -0.2) is 9.59 Å². The number of fused-ring (bicyclic) bond motifs is 4. The minimum atomic E-state index is -1.53. The van der Waals surface area contributed by atoms with Gasteiger partial charge >= 0.3 is 12.1 Å². The Morgan fingerprint density at radius 2 is 1.47 bits per heavy atom. The summed E-state index contributed by atoms with van der Waals surface area (Å²) < 4.78 is 37.2. The van der Waals surface area contributed by atoms with Crippen molar-refractivity contribution in [1.29, 1.82) is 0 Å².